The molecule has 1 aromatic rings. The summed E-state index contributed by atoms with van der Waals surface area (Å²) in [5, 5.41) is 2.85. The highest BCUT2D eigenvalue weighted by atomic mass is 16.6. The van der Waals surface area contributed by atoms with Gasteiger partial charge in [-0.05, 0) is 71.6 Å². The fourth-order valence-electron chi connectivity index (χ4n) is 4.34. The van der Waals surface area contributed by atoms with Crippen molar-refractivity contribution in [3.05, 3.63) is 18.2 Å². The van der Waals surface area contributed by atoms with E-state index >= 15 is 0 Å². The minimum Gasteiger partial charge on any atom is -0.466 e. The molecular weight excluding hydrogens is 406 g/mol. The van der Waals surface area contributed by atoms with E-state index in [1.54, 1.807) is 0 Å². The highest BCUT2D eigenvalue weighted by molar-refractivity contribution is 5.72. The summed E-state index contributed by atoms with van der Waals surface area (Å²) in [4.78, 5) is 29.3. The zero-order valence-electron chi connectivity index (χ0n) is 20.9. The van der Waals surface area contributed by atoms with Crippen molar-refractivity contribution >= 4 is 12.1 Å². The van der Waals surface area contributed by atoms with Gasteiger partial charge in [0.15, 0.2) is 0 Å². The van der Waals surface area contributed by atoms with Gasteiger partial charge in [-0.3, -0.25) is 4.79 Å². The Balaban J connectivity index is 1.98. The third-order valence-electron chi connectivity index (χ3n) is 6.27. The Bertz CT molecular complexity index is 717. The van der Waals surface area contributed by atoms with Gasteiger partial charge in [0.05, 0.1) is 24.5 Å². The van der Waals surface area contributed by atoms with Gasteiger partial charge in [-0.1, -0.05) is 20.3 Å². The van der Waals surface area contributed by atoms with Gasteiger partial charge >= 0.3 is 12.1 Å². The summed E-state index contributed by atoms with van der Waals surface area (Å²) in [6.07, 6.45) is 10.5. The van der Waals surface area contributed by atoms with Crippen LogP contribution in [-0.4, -0.2) is 40.4 Å². The second kappa shape index (κ2) is 12.3. The predicted molar refractivity (Wildman–Crippen MR) is 125 cm³/mol. The van der Waals surface area contributed by atoms with Crippen LogP contribution in [0.5, 0.6) is 0 Å². The van der Waals surface area contributed by atoms with E-state index in [1.807, 2.05) is 34.0 Å². The van der Waals surface area contributed by atoms with Crippen molar-refractivity contribution in [1.82, 2.24) is 14.9 Å². The molecule has 1 fully saturated rings. The highest BCUT2D eigenvalue weighted by Crippen LogP contribution is 2.32. The first-order chi connectivity index (χ1) is 15.1. The lowest BCUT2D eigenvalue weighted by molar-refractivity contribution is -0.148. The predicted octanol–water partition coefficient (Wildman–Crippen LogP) is 5.30. The molecule has 2 rings (SSSR count). The van der Waals surface area contributed by atoms with Gasteiger partial charge in [0.2, 0.25) is 0 Å². The minimum atomic E-state index is -0.533. The van der Waals surface area contributed by atoms with Crippen molar-refractivity contribution in [3.63, 3.8) is 0 Å². The number of nitrogens with zero attached hydrogens (tertiary/aromatic N) is 2. The monoisotopic (exact) mass is 449 g/mol. The molecule has 1 aliphatic carbocycles. The molecule has 0 spiro atoms. The van der Waals surface area contributed by atoms with Gasteiger partial charge in [0.25, 0.3) is 0 Å². The molecule has 0 aromatic carbocycles. The summed E-state index contributed by atoms with van der Waals surface area (Å²) in [5.74, 6) is 0.487. The van der Waals surface area contributed by atoms with E-state index in [1.165, 1.54) is 25.7 Å². The van der Waals surface area contributed by atoms with Gasteiger partial charge in [-0.25, -0.2) is 9.78 Å². The first-order valence-electron chi connectivity index (χ1n) is 12.3. The first-order valence-corrected chi connectivity index (χ1v) is 12.3. The van der Waals surface area contributed by atoms with Crippen molar-refractivity contribution in [3.8, 4) is 0 Å². The fraction of sp³-hybridized carbons (Fsp3) is 0.800. The number of amides is 1. The third-order valence-corrected chi connectivity index (χ3v) is 6.27. The topological polar surface area (TPSA) is 82.5 Å². The van der Waals surface area contributed by atoms with Crippen LogP contribution in [0.3, 0.4) is 0 Å². The van der Waals surface area contributed by atoms with E-state index < -0.39 is 11.7 Å². The maximum atomic E-state index is 12.7. The Morgan fingerprint density at radius 3 is 2.50 bits per heavy atom. The molecule has 2 unspecified atom stereocenters. The van der Waals surface area contributed by atoms with Crippen molar-refractivity contribution in [1.29, 1.82) is 0 Å². The van der Waals surface area contributed by atoms with Crippen LogP contribution >= 0.6 is 0 Å². The largest absolute Gasteiger partial charge is 0.466 e. The van der Waals surface area contributed by atoms with Gasteiger partial charge < -0.3 is 19.4 Å². The summed E-state index contributed by atoms with van der Waals surface area (Å²) in [6.45, 7) is 12.6. The van der Waals surface area contributed by atoms with Crippen molar-refractivity contribution in [2.75, 3.05) is 13.2 Å². The second-order valence-corrected chi connectivity index (χ2v) is 10.3. The van der Waals surface area contributed by atoms with Crippen molar-refractivity contribution < 1.29 is 19.1 Å². The number of aromatic nitrogens is 2. The van der Waals surface area contributed by atoms with Crippen LogP contribution in [0.1, 0.15) is 91.8 Å². The first kappa shape index (κ1) is 26.2. The van der Waals surface area contributed by atoms with Crippen LogP contribution in [0, 0.1) is 17.8 Å². The Labute approximate surface area is 193 Å². The molecule has 7 nitrogen and oxygen atoms in total. The molecule has 1 N–H and O–H groups in total. The number of rotatable bonds is 10. The standard InChI is InChI=1S/C25H43N3O4/c1-7-19(15-26-24(30)32-25(4,5)6)13-20(23(29)31-8-2)14-21-16-28(17-27-21)22-11-9-18(3)10-12-22/h16-20,22H,7-15H2,1-6H3,(H,26,30)/t18-,19?,20?,22-. The molecule has 1 heterocycles. The summed E-state index contributed by atoms with van der Waals surface area (Å²) < 4.78 is 12.9. The van der Waals surface area contributed by atoms with E-state index in [9.17, 15) is 9.59 Å². The van der Waals surface area contributed by atoms with E-state index in [2.05, 4.69) is 34.9 Å². The lowest BCUT2D eigenvalue weighted by Crippen LogP contribution is -2.36. The number of imidazole rings is 1. The molecule has 1 aliphatic rings. The quantitative estimate of drug-likeness (QED) is 0.490. The van der Waals surface area contributed by atoms with Gasteiger partial charge in [-0.2, -0.15) is 0 Å². The molecule has 1 aromatic heterocycles. The number of carbonyl (C=O) groups is 2. The summed E-state index contributed by atoms with van der Waals surface area (Å²) in [6, 6.07) is 0.509. The van der Waals surface area contributed by atoms with E-state index in [0.717, 1.165) is 18.0 Å². The van der Waals surface area contributed by atoms with Crippen LogP contribution in [0.2, 0.25) is 0 Å². The number of ether oxygens (including phenoxy) is 2. The highest BCUT2D eigenvalue weighted by Gasteiger charge is 2.27. The molecule has 32 heavy (non-hydrogen) atoms. The van der Waals surface area contributed by atoms with Crippen LogP contribution in [0.25, 0.3) is 0 Å². The molecule has 0 aliphatic heterocycles. The maximum absolute atomic E-state index is 12.7. The normalized spacial score (nSPS) is 20.9. The lowest BCUT2D eigenvalue weighted by Gasteiger charge is -2.27. The molecule has 0 bridgehead atoms. The average molecular weight is 450 g/mol. The Morgan fingerprint density at radius 2 is 1.91 bits per heavy atom. The zero-order chi connectivity index (χ0) is 23.7. The minimum absolute atomic E-state index is 0.152. The van der Waals surface area contributed by atoms with Gasteiger partial charge in [-0.15, -0.1) is 0 Å². The smallest absolute Gasteiger partial charge is 0.407 e. The van der Waals surface area contributed by atoms with E-state index in [0.29, 0.717) is 32.0 Å². The zero-order valence-corrected chi connectivity index (χ0v) is 20.9. The SMILES string of the molecule is CCOC(=O)C(Cc1cn([C@H]2CC[C@H](C)CC2)cn1)CC(CC)CNC(=O)OC(C)(C)C. The van der Waals surface area contributed by atoms with Crippen LogP contribution in [0.15, 0.2) is 12.5 Å². The van der Waals surface area contributed by atoms with Crippen molar-refractivity contribution in [2.24, 2.45) is 17.8 Å². The molecule has 0 saturated heterocycles. The van der Waals surface area contributed by atoms with E-state index in [4.69, 9.17) is 9.47 Å². The van der Waals surface area contributed by atoms with E-state index in [-0.39, 0.29) is 17.8 Å². The second-order valence-electron chi connectivity index (χ2n) is 10.3. The number of esters is 1. The Kier molecular flexibility index (Phi) is 10.0. The Morgan fingerprint density at radius 1 is 1.22 bits per heavy atom. The summed E-state index contributed by atoms with van der Waals surface area (Å²) in [7, 11) is 0. The number of hydrogen-bond acceptors (Lipinski definition) is 5. The van der Waals surface area contributed by atoms with Crippen molar-refractivity contribution in [2.45, 2.75) is 98.1 Å². The average Bonchev–Trinajstić information content (AvgIpc) is 3.18. The number of hydrogen-bond donors (Lipinski definition) is 1. The molecule has 2 atom stereocenters. The van der Waals surface area contributed by atoms with Gasteiger partial charge in [0, 0.05) is 25.2 Å². The van der Waals surface area contributed by atoms with Gasteiger partial charge in [0.1, 0.15) is 5.60 Å². The number of nitrogens with one attached hydrogen (secondary N) is 1. The van der Waals surface area contributed by atoms with Crippen LogP contribution < -0.4 is 5.32 Å². The molecule has 182 valence electrons. The summed E-state index contributed by atoms with van der Waals surface area (Å²) >= 11 is 0. The number of carbonyl (C=O) groups excluding carboxylic acids is 2. The summed E-state index contributed by atoms with van der Waals surface area (Å²) in [5.41, 5.74) is 0.394. The van der Waals surface area contributed by atoms with Crippen LogP contribution in [-0.2, 0) is 20.7 Å². The molecule has 1 amide bonds. The molecule has 1 saturated carbocycles. The number of alkyl carbamates (subject to hydrolysis) is 1. The fourth-order valence-corrected chi connectivity index (χ4v) is 4.34. The third kappa shape index (κ3) is 8.83. The molecule has 0 radical (unpaired) electrons. The molecule has 7 heteroatoms. The lowest BCUT2D eigenvalue weighted by atomic mass is 9.87. The van der Waals surface area contributed by atoms with Crippen LogP contribution in [0.4, 0.5) is 4.79 Å². The maximum Gasteiger partial charge on any atom is 0.407 e. The Hall–Kier alpha value is -2.05. The molecular formula is C25H43N3O4.